The molecule has 4 nitrogen and oxygen atoms in total. The number of benzene rings is 1. The van der Waals surface area contributed by atoms with Crippen LogP contribution in [0.4, 0.5) is 13.2 Å². The van der Waals surface area contributed by atoms with Gasteiger partial charge in [0.25, 0.3) is 0 Å². The van der Waals surface area contributed by atoms with Crippen molar-refractivity contribution in [2.45, 2.75) is 18.0 Å². The van der Waals surface area contributed by atoms with Crippen LogP contribution < -0.4 is 5.30 Å². The molecule has 9 heteroatoms. The molecule has 1 aromatic rings. The Labute approximate surface area is 130 Å². The summed E-state index contributed by atoms with van der Waals surface area (Å²) in [5.74, 6) is -0.285. The molecule has 0 radical (unpaired) electrons. The van der Waals surface area contributed by atoms with Crippen molar-refractivity contribution < 1.29 is 21.6 Å². The van der Waals surface area contributed by atoms with Crippen LogP contribution in [0.15, 0.2) is 24.3 Å². The third kappa shape index (κ3) is 4.19. The van der Waals surface area contributed by atoms with Crippen molar-refractivity contribution in [3.8, 4) is 0 Å². The van der Waals surface area contributed by atoms with Gasteiger partial charge in [-0.3, -0.25) is 4.90 Å². The van der Waals surface area contributed by atoms with Gasteiger partial charge in [0.1, 0.15) is 6.04 Å². The fraction of sp³-hybridized carbons (Fsp3) is 0.538. The summed E-state index contributed by atoms with van der Waals surface area (Å²) < 4.78 is 64.5. The summed E-state index contributed by atoms with van der Waals surface area (Å²) in [6.07, 6.45) is -4.44. The zero-order valence-electron chi connectivity index (χ0n) is 12.0. The topological polar surface area (TPSA) is 40.6 Å². The van der Waals surface area contributed by atoms with E-state index in [1.165, 1.54) is 7.05 Å². The average Bonchev–Trinajstić information content (AvgIpc) is 2.40. The maximum Gasteiger partial charge on any atom is 0.405 e. The smallest absolute Gasteiger partial charge is 0.293 e. The van der Waals surface area contributed by atoms with E-state index in [2.05, 4.69) is 9.24 Å². The number of piperazine rings is 1. The molecule has 1 saturated heterocycles. The van der Waals surface area contributed by atoms with Crippen molar-refractivity contribution in [2.75, 3.05) is 26.7 Å². The van der Waals surface area contributed by atoms with Gasteiger partial charge in [-0.25, -0.2) is 8.42 Å². The maximum absolute atomic E-state index is 13.0. The average molecular weight is 354 g/mol. The lowest BCUT2D eigenvalue weighted by Gasteiger charge is -2.39. The first kappa shape index (κ1) is 17.7. The normalized spacial score (nSPS) is 22.0. The van der Waals surface area contributed by atoms with E-state index in [4.69, 9.17) is 0 Å². The Morgan fingerprint density at radius 2 is 1.82 bits per heavy atom. The molecule has 1 fully saturated rings. The SMILES string of the molecule is CN1CCN(S(=O)(=O)Cc2ccc(P)cc2)CC1C(F)(F)F. The fourth-order valence-electron chi connectivity index (χ4n) is 2.37. The van der Waals surface area contributed by atoms with E-state index in [0.29, 0.717) is 5.56 Å². The lowest BCUT2D eigenvalue weighted by Crippen LogP contribution is -2.58. The quantitative estimate of drug-likeness (QED) is 0.766. The van der Waals surface area contributed by atoms with Gasteiger partial charge in [0.2, 0.25) is 10.0 Å². The number of rotatable bonds is 3. The van der Waals surface area contributed by atoms with Gasteiger partial charge in [-0.05, 0) is 17.9 Å². The van der Waals surface area contributed by atoms with Crippen molar-refractivity contribution in [2.24, 2.45) is 0 Å². The minimum Gasteiger partial charge on any atom is -0.293 e. The van der Waals surface area contributed by atoms with Gasteiger partial charge in [-0.1, -0.05) is 24.3 Å². The first-order valence-electron chi connectivity index (χ1n) is 6.69. The molecule has 0 spiro atoms. The van der Waals surface area contributed by atoms with E-state index in [0.717, 1.165) is 14.5 Å². The molecule has 2 unspecified atom stereocenters. The minimum atomic E-state index is -4.44. The number of hydrogen-bond donors (Lipinski definition) is 0. The Morgan fingerprint density at radius 3 is 2.36 bits per heavy atom. The third-order valence-corrected chi connectivity index (χ3v) is 5.91. The van der Waals surface area contributed by atoms with Gasteiger partial charge in [0.15, 0.2) is 0 Å². The first-order valence-corrected chi connectivity index (χ1v) is 8.87. The number of alkyl halides is 3. The first-order chi connectivity index (χ1) is 10.1. The van der Waals surface area contributed by atoms with E-state index in [-0.39, 0.29) is 18.8 Å². The van der Waals surface area contributed by atoms with Crippen molar-refractivity contribution in [1.82, 2.24) is 9.21 Å². The van der Waals surface area contributed by atoms with Gasteiger partial charge in [-0.2, -0.15) is 17.5 Å². The molecule has 2 rings (SSSR count). The molecule has 0 amide bonds. The molecule has 1 aliphatic rings. The highest BCUT2D eigenvalue weighted by atomic mass is 32.2. The van der Waals surface area contributed by atoms with Gasteiger partial charge in [-0.15, -0.1) is 9.24 Å². The Hall–Kier alpha value is -0.690. The van der Waals surface area contributed by atoms with E-state index < -0.39 is 28.8 Å². The highest BCUT2D eigenvalue weighted by Gasteiger charge is 2.47. The lowest BCUT2D eigenvalue weighted by molar-refractivity contribution is -0.188. The highest BCUT2D eigenvalue weighted by Crippen LogP contribution is 2.28. The number of hydrogen-bond acceptors (Lipinski definition) is 3. The molecular formula is C13H18F3N2O2PS. The Kier molecular flexibility index (Phi) is 5.16. The van der Waals surface area contributed by atoms with Gasteiger partial charge in [0, 0.05) is 19.6 Å². The molecule has 0 bridgehead atoms. The number of halogens is 3. The van der Waals surface area contributed by atoms with Crippen LogP contribution in [0, 0.1) is 0 Å². The zero-order valence-corrected chi connectivity index (χ0v) is 14.0. The van der Waals surface area contributed by atoms with Crippen molar-refractivity contribution in [3.63, 3.8) is 0 Å². The van der Waals surface area contributed by atoms with Crippen LogP contribution in [-0.2, 0) is 15.8 Å². The van der Waals surface area contributed by atoms with E-state index in [1.54, 1.807) is 24.3 Å². The summed E-state index contributed by atoms with van der Waals surface area (Å²) in [6.45, 7) is -0.412. The minimum absolute atomic E-state index is 0.0634. The molecule has 0 saturated carbocycles. The fourth-order valence-corrected chi connectivity index (χ4v) is 4.09. The molecule has 2 atom stereocenters. The summed E-state index contributed by atoms with van der Waals surface area (Å²) in [5, 5.41) is 0.915. The third-order valence-electron chi connectivity index (χ3n) is 3.71. The second-order valence-electron chi connectivity index (χ2n) is 5.39. The lowest BCUT2D eigenvalue weighted by atomic mass is 10.2. The maximum atomic E-state index is 13.0. The molecule has 0 aliphatic carbocycles. The number of likely N-dealkylation sites (N-methyl/N-ethyl adjacent to an activating group) is 1. The number of nitrogens with zero attached hydrogens (tertiary/aromatic N) is 2. The predicted molar refractivity (Wildman–Crippen MR) is 82.5 cm³/mol. The van der Waals surface area contributed by atoms with Gasteiger partial charge < -0.3 is 0 Å². The second kappa shape index (κ2) is 6.43. The molecule has 1 aromatic carbocycles. The summed E-state index contributed by atoms with van der Waals surface area (Å²) >= 11 is 0. The summed E-state index contributed by atoms with van der Waals surface area (Å²) in [6, 6.07) is 5.06. The summed E-state index contributed by atoms with van der Waals surface area (Å²) in [7, 11) is 0.0836. The van der Waals surface area contributed by atoms with Crippen molar-refractivity contribution >= 4 is 24.6 Å². The molecule has 124 valence electrons. The van der Waals surface area contributed by atoms with E-state index >= 15 is 0 Å². The predicted octanol–water partition coefficient (Wildman–Crippen LogP) is 1.20. The molecular weight excluding hydrogens is 336 g/mol. The zero-order chi connectivity index (χ0) is 16.5. The van der Waals surface area contributed by atoms with Crippen molar-refractivity contribution in [1.29, 1.82) is 0 Å². The molecule has 1 aliphatic heterocycles. The number of sulfonamides is 1. The van der Waals surface area contributed by atoms with Crippen molar-refractivity contribution in [3.05, 3.63) is 29.8 Å². The Balaban J connectivity index is 2.14. The van der Waals surface area contributed by atoms with Crippen LogP contribution in [0.1, 0.15) is 5.56 Å². The second-order valence-corrected chi connectivity index (χ2v) is 8.03. The van der Waals surface area contributed by atoms with E-state index in [1.807, 2.05) is 0 Å². The molecule has 22 heavy (non-hydrogen) atoms. The van der Waals surface area contributed by atoms with Crippen LogP contribution in [-0.4, -0.2) is 56.5 Å². The van der Waals surface area contributed by atoms with E-state index in [9.17, 15) is 21.6 Å². The molecule has 1 heterocycles. The van der Waals surface area contributed by atoms with Gasteiger partial charge >= 0.3 is 6.18 Å². The largest absolute Gasteiger partial charge is 0.405 e. The standard InChI is InChI=1S/C13H18F3N2O2PS/c1-17-6-7-18(8-12(17)13(14,15)16)22(19,20)9-10-2-4-11(21)5-3-10/h2-5,12H,6-9,21H2,1H3. The Morgan fingerprint density at radius 1 is 1.23 bits per heavy atom. The van der Waals surface area contributed by atoms with Gasteiger partial charge in [0.05, 0.1) is 5.75 Å². The Bertz CT molecular complexity index is 619. The monoisotopic (exact) mass is 354 g/mol. The van der Waals surface area contributed by atoms with Crippen LogP contribution in [0.5, 0.6) is 0 Å². The molecule has 0 aromatic heterocycles. The van der Waals surface area contributed by atoms with Crippen LogP contribution in [0.25, 0.3) is 0 Å². The summed E-state index contributed by atoms with van der Waals surface area (Å²) in [4.78, 5) is 1.15. The van der Waals surface area contributed by atoms with Crippen LogP contribution in [0.3, 0.4) is 0 Å². The van der Waals surface area contributed by atoms with Crippen LogP contribution in [0.2, 0.25) is 0 Å². The molecule has 0 N–H and O–H groups in total. The van der Waals surface area contributed by atoms with Crippen LogP contribution >= 0.6 is 9.24 Å². The summed E-state index contributed by atoms with van der Waals surface area (Å²) in [5.41, 5.74) is 0.564. The highest BCUT2D eigenvalue weighted by molar-refractivity contribution is 7.88.